The predicted molar refractivity (Wildman–Crippen MR) is 29.6 cm³/mol. The number of hydrogen-bond donors (Lipinski definition) is 1. The molecule has 1 N–H and O–H groups in total. The third kappa shape index (κ3) is 2.92. The molecule has 0 heterocycles. The second-order valence-electron chi connectivity index (χ2n) is 2.51. The summed E-state index contributed by atoms with van der Waals surface area (Å²) in [6.45, 7) is 0. The number of carbonyl (C=O) groups is 1. The van der Waals surface area contributed by atoms with E-state index in [4.69, 9.17) is 5.11 Å². The van der Waals surface area contributed by atoms with E-state index < -0.39 is 30.3 Å². The molecule has 0 spiro atoms. The van der Waals surface area contributed by atoms with Gasteiger partial charge >= 0.3 is 30.3 Å². The van der Waals surface area contributed by atoms with Gasteiger partial charge in [0.1, 0.15) is 0 Å². The molecule has 0 unspecified atom stereocenters. The van der Waals surface area contributed by atoms with Crippen molar-refractivity contribution < 1.29 is 54.2 Å². The van der Waals surface area contributed by atoms with Crippen LogP contribution in [0.4, 0.5) is 39.5 Å². The number of hydrogen-bond acceptors (Lipinski definition) is 2. The number of carboxylic acid groups (broad SMARTS) is 1. The molecule has 0 rings (SSSR count). The first-order valence-corrected chi connectivity index (χ1v) is 3.29. The van der Waals surface area contributed by atoms with Crippen LogP contribution in [-0.2, 0) is 9.53 Å². The molecule has 0 bridgehead atoms. The first-order chi connectivity index (χ1) is 7.15. The first-order valence-electron chi connectivity index (χ1n) is 3.29. The van der Waals surface area contributed by atoms with Crippen LogP contribution in [0.2, 0.25) is 0 Å². The first kappa shape index (κ1) is 15.8. The van der Waals surface area contributed by atoms with Crippen LogP contribution >= 0.6 is 0 Å². The summed E-state index contributed by atoms with van der Waals surface area (Å²) >= 11 is 0. The molecular weight excluding hydrogens is 279 g/mol. The molecular formula is C5HF9O3. The smallest absolute Gasteiger partial charge is 0.459 e. The van der Waals surface area contributed by atoms with E-state index in [9.17, 15) is 44.3 Å². The predicted octanol–water partition coefficient (Wildman–Crippen LogP) is 2.47. The van der Waals surface area contributed by atoms with Crippen LogP contribution in [0.25, 0.3) is 0 Å². The Kier molecular flexibility index (Phi) is 3.65. The Balaban J connectivity index is 5.49. The zero-order valence-corrected chi connectivity index (χ0v) is 7.17. The van der Waals surface area contributed by atoms with Gasteiger partial charge in [0.05, 0.1) is 0 Å². The molecule has 102 valence electrons. The monoisotopic (exact) mass is 280 g/mol. The molecule has 0 amide bonds. The van der Waals surface area contributed by atoms with Gasteiger partial charge in [0, 0.05) is 0 Å². The zero-order valence-electron chi connectivity index (χ0n) is 7.17. The lowest BCUT2D eigenvalue weighted by molar-refractivity contribution is -0.472. The number of aliphatic carboxylic acids is 1. The van der Waals surface area contributed by atoms with Crippen LogP contribution in [0.3, 0.4) is 0 Å². The lowest BCUT2D eigenvalue weighted by atomic mass is 10.3. The highest BCUT2D eigenvalue weighted by atomic mass is 19.4. The summed E-state index contributed by atoms with van der Waals surface area (Å²) in [7, 11) is 0. The van der Waals surface area contributed by atoms with E-state index in [1.807, 2.05) is 0 Å². The highest BCUT2D eigenvalue weighted by Gasteiger charge is 2.78. The normalized spacial score (nSPS) is 14.9. The van der Waals surface area contributed by atoms with Crippen LogP contribution in [-0.4, -0.2) is 35.4 Å². The zero-order chi connectivity index (χ0) is 14.3. The Labute approximate surface area is 85.8 Å². The standard InChI is InChI=1S/C5HF9O3/c6-2(7,1(15)16)17-3(8,4(9,10)11)5(12,13)14/h(H,15,16). The quantitative estimate of drug-likeness (QED) is 0.808. The van der Waals surface area contributed by atoms with E-state index in [1.165, 1.54) is 0 Å². The third-order valence-corrected chi connectivity index (χ3v) is 1.25. The van der Waals surface area contributed by atoms with Gasteiger partial charge in [-0.05, 0) is 0 Å². The summed E-state index contributed by atoms with van der Waals surface area (Å²) in [5.41, 5.74) is 0. The molecule has 0 radical (unpaired) electrons. The fourth-order valence-corrected chi connectivity index (χ4v) is 0.497. The molecule has 0 aliphatic rings. The van der Waals surface area contributed by atoms with Gasteiger partial charge in [-0.15, -0.1) is 0 Å². The van der Waals surface area contributed by atoms with E-state index in [0.717, 1.165) is 0 Å². The Morgan fingerprint density at radius 3 is 1.29 bits per heavy atom. The second-order valence-corrected chi connectivity index (χ2v) is 2.51. The van der Waals surface area contributed by atoms with Crippen LogP contribution in [0, 0.1) is 0 Å². The van der Waals surface area contributed by atoms with Crippen molar-refractivity contribution in [3.63, 3.8) is 0 Å². The summed E-state index contributed by atoms with van der Waals surface area (Å²) in [5.74, 6) is -10.3. The summed E-state index contributed by atoms with van der Waals surface area (Å²) < 4.78 is 108. The van der Waals surface area contributed by atoms with Gasteiger partial charge in [-0.1, -0.05) is 0 Å². The number of ether oxygens (including phenoxy) is 1. The van der Waals surface area contributed by atoms with Gasteiger partial charge in [0.2, 0.25) is 0 Å². The van der Waals surface area contributed by atoms with E-state index >= 15 is 0 Å². The van der Waals surface area contributed by atoms with E-state index in [2.05, 4.69) is 0 Å². The van der Waals surface area contributed by atoms with Crippen molar-refractivity contribution >= 4 is 5.97 Å². The maximum absolute atomic E-state index is 12.4. The van der Waals surface area contributed by atoms with Gasteiger partial charge in [-0.2, -0.15) is 39.5 Å². The lowest BCUT2D eigenvalue weighted by Gasteiger charge is -2.31. The van der Waals surface area contributed by atoms with Crippen molar-refractivity contribution in [1.82, 2.24) is 0 Å². The average Bonchev–Trinajstić information content (AvgIpc) is 1.98. The Morgan fingerprint density at radius 2 is 1.12 bits per heavy atom. The Hall–Kier alpha value is -1.20. The molecule has 0 aliphatic heterocycles. The minimum Gasteiger partial charge on any atom is -0.475 e. The van der Waals surface area contributed by atoms with Crippen molar-refractivity contribution in [2.45, 2.75) is 24.3 Å². The second kappa shape index (κ2) is 3.92. The Morgan fingerprint density at radius 1 is 0.824 bits per heavy atom. The number of halogens is 9. The topological polar surface area (TPSA) is 46.5 Å². The van der Waals surface area contributed by atoms with E-state index in [-0.39, 0.29) is 0 Å². The highest BCUT2D eigenvalue weighted by molar-refractivity contribution is 5.73. The van der Waals surface area contributed by atoms with Crippen molar-refractivity contribution in [3.8, 4) is 0 Å². The van der Waals surface area contributed by atoms with Crippen molar-refractivity contribution in [3.05, 3.63) is 0 Å². The fraction of sp³-hybridized carbons (Fsp3) is 0.800. The number of carboxylic acids is 1. The molecule has 12 heteroatoms. The molecule has 0 saturated carbocycles. The van der Waals surface area contributed by atoms with Gasteiger partial charge in [0.25, 0.3) is 0 Å². The molecule has 0 aromatic rings. The van der Waals surface area contributed by atoms with Crippen LogP contribution in [0.15, 0.2) is 0 Å². The van der Waals surface area contributed by atoms with Gasteiger partial charge in [0.15, 0.2) is 0 Å². The average molecular weight is 280 g/mol. The van der Waals surface area contributed by atoms with Crippen LogP contribution in [0.1, 0.15) is 0 Å². The maximum Gasteiger partial charge on any atom is 0.459 e. The molecule has 0 atom stereocenters. The maximum atomic E-state index is 12.4. The SMILES string of the molecule is O=C(O)C(F)(F)OC(F)(C(F)(F)F)C(F)(F)F. The van der Waals surface area contributed by atoms with Crippen molar-refractivity contribution in [1.29, 1.82) is 0 Å². The van der Waals surface area contributed by atoms with Crippen molar-refractivity contribution in [2.24, 2.45) is 0 Å². The largest absolute Gasteiger partial charge is 0.475 e. The van der Waals surface area contributed by atoms with Crippen molar-refractivity contribution in [2.75, 3.05) is 0 Å². The summed E-state index contributed by atoms with van der Waals surface area (Å²) in [6, 6.07) is 0. The molecule has 0 fully saturated rings. The van der Waals surface area contributed by atoms with Gasteiger partial charge in [-0.25, -0.2) is 4.79 Å². The van der Waals surface area contributed by atoms with Gasteiger partial charge in [-0.3, -0.25) is 4.74 Å². The van der Waals surface area contributed by atoms with E-state index in [1.54, 1.807) is 4.74 Å². The van der Waals surface area contributed by atoms with Gasteiger partial charge < -0.3 is 5.11 Å². The van der Waals surface area contributed by atoms with Crippen LogP contribution < -0.4 is 0 Å². The summed E-state index contributed by atoms with van der Waals surface area (Å²) in [5, 5.41) is 7.56. The molecule has 0 aromatic carbocycles. The minimum atomic E-state index is -6.93. The molecule has 0 saturated heterocycles. The highest BCUT2D eigenvalue weighted by Crippen LogP contribution is 2.49. The summed E-state index contributed by atoms with van der Waals surface area (Å²) in [6.07, 6.45) is -19.9. The molecule has 0 aromatic heterocycles. The Bertz CT molecular complexity index is 289. The molecule has 0 aliphatic carbocycles. The molecule has 17 heavy (non-hydrogen) atoms. The minimum absolute atomic E-state index is 1.77. The van der Waals surface area contributed by atoms with Crippen LogP contribution in [0.5, 0.6) is 0 Å². The fourth-order valence-electron chi connectivity index (χ4n) is 0.497. The summed E-state index contributed by atoms with van der Waals surface area (Å²) in [4.78, 5) is 9.58. The van der Waals surface area contributed by atoms with E-state index in [0.29, 0.717) is 0 Å². The third-order valence-electron chi connectivity index (χ3n) is 1.25. The number of rotatable bonds is 3. The molecule has 3 nitrogen and oxygen atoms in total. The number of alkyl halides is 9. The lowest BCUT2D eigenvalue weighted by Crippen LogP contribution is -2.59.